The monoisotopic (exact) mass is 277 g/mol. The molecule has 0 aliphatic carbocycles. The summed E-state index contributed by atoms with van der Waals surface area (Å²) in [4.78, 5) is 11.4. The van der Waals surface area contributed by atoms with Crippen LogP contribution in [0.5, 0.6) is 0 Å². The van der Waals surface area contributed by atoms with Crippen LogP contribution in [0.1, 0.15) is 0 Å². The number of hydrogen-bond donors (Lipinski definition) is 0. The van der Waals surface area contributed by atoms with E-state index in [4.69, 9.17) is 23.2 Å². The molecule has 1 aliphatic heterocycles. The van der Waals surface area contributed by atoms with Crippen molar-refractivity contribution < 1.29 is 13.2 Å². The summed E-state index contributed by atoms with van der Waals surface area (Å²) in [6.45, 7) is 0. The van der Waals surface area contributed by atoms with E-state index in [1.54, 1.807) is 0 Å². The molecule has 7 heteroatoms. The van der Waals surface area contributed by atoms with Crippen molar-refractivity contribution in [2.24, 2.45) is 0 Å². The highest BCUT2D eigenvalue weighted by molar-refractivity contribution is 7.99. The average Bonchev–Trinajstić information content (AvgIpc) is 2.39. The molecule has 0 unspecified atom stereocenters. The van der Waals surface area contributed by atoms with E-state index in [1.165, 1.54) is 24.3 Å². The minimum absolute atomic E-state index is 0.210. The fourth-order valence-electron chi connectivity index (χ4n) is 1.28. The van der Waals surface area contributed by atoms with E-state index in [2.05, 4.69) is 0 Å². The Hall–Kier alpha value is -1.04. The average molecular weight is 278 g/mol. The van der Waals surface area contributed by atoms with Crippen molar-refractivity contribution in [3.63, 3.8) is 0 Å². The summed E-state index contributed by atoms with van der Waals surface area (Å²) in [6.07, 6.45) is 0.867. The molecule has 16 heavy (non-hydrogen) atoms. The fourth-order valence-corrected chi connectivity index (χ4v) is 2.82. The third kappa shape index (κ3) is 1.71. The van der Waals surface area contributed by atoms with Gasteiger partial charge in [-0.2, -0.15) is 12.7 Å². The van der Waals surface area contributed by atoms with Crippen molar-refractivity contribution in [3.05, 3.63) is 39.7 Å². The maximum absolute atomic E-state index is 11.7. The van der Waals surface area contributed by atoms with E-state index in [0.717, 1.165) is 6.08 Å². The van der Waals surface area contributed by atoms with Crippen LogP contribution >= 0.6 is 23.2 Å². The van der Waals surface area contributed by atoms with Crippen molar-refractivity contribution in [1.82, 2.24) is 0 Å². The zero-order valence-electron chi connectivity index (χ0n) is 7.72. The molecule has 2 rings (SSSR count). The summed E-state index contributed by atoms with van der Waals surface area (Å²) in [5, 5.41) is 0.451. The lowest BCUT2D eigenvalue weighted by Crippen LogP contribution is -2.30. The Kier molecular flexibility index (Phi) is 2.69. The minimum atomic E-state index is -3.91. The van der Waals surface area contributed by atoms with Gasteiger partial charge in [-0.3, -0.25) is 4.79 Å². The number of rotatable bonds is 1. The lowest BCUT2D eigenvalue weighted by molar-refractivity contribution is -0.112. The third-order valence-electron chi connectivity index (χ3n) is 1.99. The van der Waals surface area contributed by atoms with Gasteiger partial charge >= 0.3 is 0 Å². The number of halogens is 2. The number of carbonyl (C=O) groups excluding carboxylic acids is 1. The van der Waals surface area contributed by atoms with Gasteiger partial charge in [0.05, 0.1) is 5.69 Å². The van der Waals surface area contributed by atoms with Crippen molar-refractivity contribution in [3.8, 4) is 0 Å². The van der Waals surface area contributed by atoms with E-state index in [-0.39, 0.29) is 5.69 Å². The Morgan fingerprint density at radius 2 is 1.62 bits per heavy atom. The third-order valence-corrected chi connectivity index (χ3v) is 4.41. The Labute approximate surface area is 102 Å². The molecule has 0 aromatic heterocycles. The molecule has 1 heterocycles. The summed E-state index contributed by atoms with van der Waals surface area (Å²) < 4.78 is 23.5. The molecule has 0 saturated heterocycles. The Balaban J connectivity index is 2.51. The second-order valence-corrected chi connectivity index (χ2v) is 5.86. The SMILES string of the molecule is O=C1C=C(Cl)S(=O)(=O)N1c1ccc(Cl)cc1. The molecular formula is C9H5Cl2NO3S. The molecule has 84 valence electrons. The molecule has 4 nitrogen and oxygen atoms in total. The second-order valence-electron chi connectivity index (χ2n) is 3.03. The predicted molar refractivity (Wildman–Crippen MR) is 61.8 cm³/mol. The number of amides is 1. The first kappa shape index (κ1) is 11.4. The molecular weight excluding hydrogens is 273 g/mol. The lowest BCUT2D eigenvalue weighted by atomic mass is 10.3. The van der Waals surface area contributed by atoms with Crippen LogP contribution in [0.4, 0.5) is 5.69 Å². The molecule has 0 fully saturated rings. The van der Waals surface area contributed by atoms with Crippen molar-refractivity contribution in [2.75, 3.05) is 4.31 Å². The molecule has 0 bridgehead atoms. The molecule has 1 aromatic rings. The van der Waals surface area contributed by atoms with Gasteiger partial charge < -0.3 is 0 Å². The number of sulfonamides is 1. The first-order chi connectivity index (χ1) is 7.43. The van der Waals surface area contributed by atoms with Crippen LogP contribution in [0.3, 0.4) is 0 Å². The molecule has 1 amide bonds. The van der Waals surface area contributed by atoms with E-state index >= 15 is 0 Å². The number of benzene rings is 1. The van der Waals surface area contributed by atoms with Gasteiger partial charge in [0.1, 0.15) is 0 Å². The number of anilines is 1. The summed E-state index contributed by atoms with van der Waals surface area (Å²) in [7, 11) is -3.91. The number of nitrogens with zero attached hydrogens (tertiary/aromatic N) is 1. The standard InChI is InChI=1S/C9H5Cl2NO3S/c10-6-1-3-7(4-2-6)12-9(13)5-8(11)16(12,14)15/h1-5H. The highest BCUT2D eigenvalue weighted by atomic mass is 35.5. The van der Waals surface area contributed by atoms with Crippen molar-refractivity contribution >= 4 is 44.8 Å². The minimum Gasteiger partial charge on any atom is -0.268 e. The molecule has 0 spiro atoms. The Bertz CT molecular complexity index is 577. The van der Waals surface area contributed by atoms with Gasteiger partial charge in [0.2, 0.25) is 0 Å². The normalized spacial score (nSPS) is 18.8. The van der Waals surface area contributed by atoms with Gasteiger partial charge in [-0.05, 0) is 24.3 Å². The maximum atomic E-state index is 11.7. The van der Waals surface area contributed by atoms with Crippen LogP contribution in [0.25, 0.3) is 0 Å². The summed E-state index contributed by atoms with van der Waals surface area (Å²) in [5.41, 5.74) is 0.210. The van der Waals surface area contributed by atoms with Gasteiger partial charge in [-0.15, -0.1) is 0 Å². The zero-order chi connectivity index (χ0) is 11.9. The van der Waals surface area contributed by atoms with E-state index < -0.39 is 20.3 Å². The number of hydrogen-bond acceptors (Lipinski definition) is 3. The maximum Gasteiger partial charge on any atom is 0.282 e. The quantitative estimate of drug-likeness (QED) is 0.790. The summed E-state index contributed by atoms with van der Waals surface area (Å²) in [5.74, 6) is -0.688. The van der Waals surface area contributed by atoms with E-state index in [0.29, 0.717) is 9.33 Å². The Morgan fingerprint density at radius 1 is 1.06 bits per heavy atom. The molecule has 1 aromatic carbocycles. The van der Waals surface area contributed by atoms with Crippen LogP contribution in [-0.2, 0) is 14.8 Å². The van der Waals surface area contributed by atoms with Gasteiger partial charge in [-0.25, -0.2) is 0 Å². The zero-order valence-corrected chi connectivity index (χ0v) is 10.1. The fraction of sp³-hybridized carbons (Fsp3) is 0. The van der Waals surface area contributed by atoms with Crippen LogP contribution in [0, 0.1) is 0 Å². The van der Waals surface area contributed by atoms with E-state index in [9.17, 15) is 13.2 Å². The van der Waals surface area contributed by atoms with Gasteiger partial charge in [0.25, 0.3) is 15.9 Å². The van der Waals surface area contributed by atoms with E-state index in [1.807, 2.05) is 0 Å². The smallest absolute Gasteiger partial charge is 0.268 e. The molecule has 0 saturated carbocycles. The second kappa shape index (κ2) is 3.76. The highest BCUT2D eigenvalue weighted by Crippen LogP contribution is 2.30. The Morgan fingerprint density at radius 3 is 2.06 bits per heavy atom. The van der Waals surface area contributed by atoms with Gasteiger partial charge in [0.15, 0.2) is 4.36 Å². The first-order valence-electron chi connectivity index (χ1n) is 4.15. The van der Waals surface area contributed by atoms with Crippen molar-refractivity contribution in [1.29, 1.82) is 0 Å². The summed E-state index contributed by atoms with van der Waals surface area (Å²) in [6, 6.07) is 5.85. The lowest BCUT2D eigenvalue weighted by Gasteiger charge is -2.15. The van der Waals surface area contributed by atoms with Crippen LogP contribution in [0.2, 0.25) is 5.02 Å². The molecule has 0 N–H and O–H groups in total. The molecule has 1 aliphatic rings. The molecule has 0 atom stereocenters. The topological polar surface area (TPSA) is 54.5 Å². The largest absolute Gasteiger partial charge is 0.282 e. The first-order valence-corrected chi connectivity index (χ1v) is 6.34. The van der Waals surface area contributed by atoms with Crippen LogP contribution in [0.15, 0.2) is 34.7 Å². The van der Waals surface area contributed by atoms with Crippen LogP contribution < -0.4 is 4.31 Å². The highest BCUT2D eigenvalue weighted by Gasteiger charge is 2.37. The molecule has 0 radical (unpaired) electrons. The predicted octanol–water partition coefficient (Wildman–Crippen LogP) is 2.10. The van der Waals surface area contributed by atoms with Crippen molar-refractivity contribution in [2.45, 2.75) is 0 Å². The van der Waals surface area contributed by atoms with Gasteiger partial charge in [-0.1, -0.05) is 23.2 Å². The van der Waals surface area contributed by atoms with Crippen LogP contribution in [-0.4, -0.2) is 14.3 Å². The summed E-state index contributed by atoms with van der Waals surface area (Å²) >= 11 is 11.1. The van der Waals surface area contributed by atoms with Gasteiger partial charge in [0, 0.05) is 11.1 Å². The number of carbonyl (C=O) groups is 1.